The SMILES string of the molecule is O=S(=O)(NCCCn1ccnc1)c1cc(Cl)cc2c1OCC2. The number of ether oxygens (including phenoxy) is 1. The molecule has 0 saturated carbocycles. The molecule has 1 aromatic heterocycles. The third-order valence-electron chi connectivity index (χ3n) is 3.45. The van der Waals surface area contributed by atoms with E-state index in [9.17, 15) is 8.42 Å². The Labute approximate surface area is 134 Å². The number of nitrogens with one attached hydrogen (secondary N) is 1. The van der Waals surface area contributed by atoms with Gasteiger partial charge in [-0.15, -0.1) is 0 Å². The zero-order chi connectivity index (χ0) is 15.6. The Balaban J connectivity index is 1.68. The zero-order valence-corrected chi connectivity index (χ0v) is 13.4. The number of fused-ring (bicyclic) bond motifs is 1. The van der Waals surface area contributed by atoms with Crippen LogP contribution in [0.5, 0.6) is 5.75 Å². The van der Waals surface area contributed by atoms with Crippen LogP contribution in [0.3, 0.4) is 0 Å². The van der Waals surface area contributed by atoms with Gasteiger partial charge in [-0.1, -0.05) is 11.6 Å². The number of rotatable bonds is 6. The molecule has 1 aromatic carbocycles. The van der Waals surface area contributed by atoms with Gasteiger partial charge in [-0.05, 0) is 18.6 Å². The van der Waals surface area contributed by atoms with E-state index in [-0.39, 0.29) is 4.90 Å². The topological polar surface area (TPSA) is 73.2 Å². The second-order valence-corrected chi connectivity index (χ2v) is 7.21. The molecular formula is C14H16ClN3O3S. The van der Waals surface area contributed by atoms with E-state index < -0.39 is 10.0 Å². The van der Waals surface area contributed by atoms with Crippen molar-refractivity contribution in [3.8, 4) is 5.75 Å². The van der Waals surface area contributed by atoms with Crippen LogP contribution in [0, 0.1) is 0 Å². The van der Waals surface area contributed by atoms with Crippen molar-refractivity contribution in [2.45, 2.75) is 24.3 Å². The highest BCUT2D eigenvalue weighted by Gasteiger charge is 2.26. The summed E-state index contributed by atoms with van der Waals surface area (Å²) in [7, 11) is -3.63. The van der Waals surface area contributed by atoms with Gasteiger partial charge in [0.05, 0.1) is 12.9 Å². The average molecular weight is 342 g/mol. The predicted octanol–water partition coefficient (Wildman–Crippen LogP) is 1.84. The van der Waals surface area contributed by atoms with E-state index >= 15 is 0 Å². The summed E-state index contributed by atoms with van der Waals surface area (Å²) in [5.41, 5.74) is 0.839. The Morgan fingerprint density at radius 2 is 2.27 bits per heavy atom. The lowest BCUT2D eigenvalue weighted by molar-refractivity contribution is 0.348. The third-order valence-corrected chi connectivity index (χ3v) is 5.13. The van der Waals surface area contributed by atoms with E-state index in [0.29, 0.717) is 43.3 Å². The van der Waals surface area contributed by atoms with Crippen LogP contribution in [0.2, 0.25) is 5.02 Å². The minimum atomic E-state index is -3.63. The van der Waals surface area contributed by atoms with Crippen LogP contribution >= 0.6 is 11.6 Å². The molecule has 0 bridgehead atoms. The summed E-state index contributed by atoms with van der Waals surface area (Å²) in [5, 5.41) is 0.406. The van der Waals surface area contributed by atoms with Gasteiger partial charge in [-0.2, -0.15) is 0 Å². The quantitative estimate of drug-likeness (QED) is 0.814. The van der Waals surface area contributed by atoms with Crippen molar-refractivity contribution >= 4 is 21.6 Å². The molecule has 0 saturated heterocycles. The van der Waals surface area contributed by atoms with Crippen LogP contribution in [-0.2, 0) is 23.0 Å². The summed E-state index contributed by atoms with van der Waals surface area (Å²) in [6.07, 6.45) is 6.58. The monoisotopic (exact) mass is 341 g/mol. The van der Waals surface area contributed by atoms with Crippen LogP contribution in [0.4, 0.5) is 0 Å². The van der Waals surface area contributed by atoms with Crippen LogP contribution < -0.4 is 9.46 Å². The number of benzene rings is 1. The van der Waals surface area contributed by atoms with Gasteiger partial charge >= 0.3 is 0 Å². The molecule has 118 valence electrons. The summed E-state index contributed by atoms with van der Waals surface area (Å²) >= 11 is 6.01. The Morgan fingerprint density at radius 3 is 3.05 bits per heavy atom. The molecule has 6 nitrogen and oxygen atoms in total. The first kappa shape index (κ1) is 15.3. The average Bonchev–Trinajstić information content (AvgIpc) is 3.13. The van der Waals surface area contributed by atoms with E-state index in [2.05, 4.69) is 9.71 Å². The number of sulfonamides is 1. The summed E-state index contributed by atoms with van der Waals surface area (Å²) in [6, 6.07) is 3.19. The smallest absolute Gasteiger partial charge is 0.244 e. The molecule has 0 radical (unpaired) electrons. The zero-order valence-electron chi connectivity index (χ0n) is 11.8. The van der Waals surface area contributed by atoms with Crippen molar-refractivity contribution in [2.24, 2.45) is 0 Å². The van der Waals surface area contributed by atoms with E-state index in [1.165, 1.54) is 6.07 Å². The first-order chi connectivity index (χ1) is 10.6. The fourth-order valence-electron chi connectivity index (χ4n) is 2.40. The van der Waals surface area contributed by atoms with Crippen molar-refractivity contribution in [1.29, 1.82) is 0 Å². The second-order valence-electron chi connectivity index (χ2n) is 5.04. The molecule has 8 heteroatoms. The lowest BCUT2D eigenvalue weighted by Crippen LogP contribution is -2.26. The lowest BCUT2D eigenvalue weighted by Gasteiger charge is -2.11. The molecule has 1 N–H and O–H groups in total. The van der Waals surface area contributed by atoms with Gasteiger partial charge in [0.15, 0.2) is 0 Å². The standard InChI is InChI=1S/C14H16ClN3O3S/c15-12-8-11-2-7-21-14(11)13(9-12)22(19,20)17-3-1-5-18-6-4-16-10-18/h4,6,8-10,17H,1-3,5,7H2. The van der Waals surface area contributed by atoms with Crippen LogP contribution in [0.15, 0.2) is 35.7 Å². The Bertz CT molecular complexity index is 760. The number of aromatic nitrogens is 2. The summed E-state index contributed by atoms with van der Waals surface area (Å²) < 4.78 is 34.8. The maximum atomic E-state index is 12.4. The molecule has 0 unspecified atom stereocenters. The number of halogens is 1. The van der Waals surface area contributed by atoms with E-state index in [0.717, 1.165) is 5.56 Å². The van der Waals surface area contributed by atoms with Gasteiger partial charge < -0.3 is 9.30 Å². The third kappa shape index (κ3) is 3.26. The van der Waals surface area contributed by atoms with Crippen molar-refractivity contribution < 1.29 is 13.2 Å². The normalized spacial score (nSPS) is 13.9. The molecule has 0 aliphatic carbocycles. The van der Waals surface area contributed by atoms with E-state index in [1.54, 1.807) is 18.6 Å². The molecule has 1 aliphatic rings. The number of imidazole rings is 1. The highest BCUT2D eigenvalue weighted by Crippen LogP contribution is 2.35. The number of hydrogen-bond donors (Lipinski definition) is 1. The van der Waals surface area contributed by atoms with Gasteiger partial charge in [0.1, 0.15) is 10.6 Å². The minimum Gasteiger partial charge on any atom is -0.492 e. The van der Waals surface area contributed by atoms with Crippen molar-refractivity contribution in [3.05, 3.63) is 41.4 Å². The van der Waals surface area contributed by atoms with Gasteiger partial charge in [-0.3, -0.25) is 0 Å². The van der Waals surface area contributed by atoms with Crippen LogP contribution in [0.25, 0.3) is 0 Å². The fourth-order valence-corrected chi connectivity index (χ4v) is 3.99. The van der Waals surface area contributed by atoms with Crippen molar-refractivity contribution in [1.82, 2.24) is 14.3 Å². The van der Waals surface area contributed by atoms with Crippen molar-refractivity contribution in [3.63, 3.8) is 0 Å². The maximum absolute atomic E-state index is 12.4. The van der Waals surface area contributed by atoms with E-state index in [1.807, 2.05) is 10.8 Å². The summed E-state index contributed by atoms with van der Waals surface area (Å²) in [5.74, 6) is 0.423. The Morgan fingerprint density at radius 1 is 1.41 bits per heavy atom. The molecule has 0 spiro atoms. The largest absolute Gasteiger partial charge is 0.492 e. The first-order valence-corrected chi connectivity index (χ1v) is 8.83. The molecule has 2 heterocycles. The summed E-state index contributed by atoms with van der Waals surface area (Å²) in [6.45, 7) is 1.52. The number of hydrogen-bond acceptors (Lipinski definition) is 4. The molecule has 1 aliphatic heterocycles. The molecule has 22 heavy (non-hydrogen) atoms. The predicted molar refractivity (Wildman–Crippen MR) is 82.7 cm³/mol. The summed E-state index contributed by atoms with van der Waals surface area (Å²) in [4.78, 5) is 4.06. The van der Waals surface area contributed by atoms with Gasteiger partial charge in [0.2, 0.25) is 10.0 Å². The molecule has 0 atom stereocenters. The fraction of sp³-hybridized carbons (Fsp3) is 0.357. The highest BCUT2D eigenvalue weighted by atomic mass is 35.5. The number of nitrogens with zero attached hydrogens (tertiary/aromatic N) is 2. The van der Waals surface area contributed by atoms with Crippen LogP contribution in [-0.4, -0.2) is 31.1 Å². The van der Waals surface area contributed by atoms with E-state index in [4.69, 9.17) is 16.3 Å². The highest BCUT2D eigenvalue weighted by molar-refractivity contribution is 7.89. The number of aryl methyl sites for hydroxylation is 1. The van der Waals surface area contributed by atoms with Crippen LogP contribution in [0.1, 0.15) is 12.0 Å². The van der Waals surface area contributed by atoms with Gasteiger partial charge in [-0.25, -0.2) is 18.1 Å². The molecule has 0 amide bonds. The molecule has 2 aromatic rings. The van der Waals surface area contributed by atoms with Gasteiger partial charge in [0, 0.05) is 42.5 Å². The first-order valence-electron chi connectivity index (χ1n) is 6.97. The maximum Gasteiger partial charge on any atom is 0.244 e. The lowest BCUT2D eigenvalue weighted by atomic mass is 10.2. The Kier molecular flexibility index (Phi) is 4.37. The minimum absolute atomic E-state index is 0.120. The molecular weight excluding hydrogens is 326 g/mol. The molecule has 3 rings (SSSR count). The second kappa shape index (κ2) is 6.28. The Hall–Kier alpha value is -1.57. The molecule has 0 fully saturated rings. The van der Waals surface area contributed by atoms with Gasteiger partial charge in [0.25, 0.3) is 0 Å². The van der Waals surface area contributed by atoms with Crippen molar-refractivity contribution in [2.75, 3.05) is 13.2 Å².